The topological polar surface area (TPSA) is 18.5 Å². The molecule has 0 amide bonds. The molecule has 1 aliphatic heterocycles. The lowest BCUT2D eigenvalue weighted by Crippen LogP contribution is -2.22. The highest BCUT2D eigenvalue weighted by Gasteiger charge is 2.12. The third-order valence-electron chi connectivity index (χ3n) is 2.46. The van der Waals surface area contributed by atoms with E-state index in [2.05, 4.69) is 28.1 Å². The average Bonchev–Trinajstić information content (AvgIpc) is 2.29. The molecular formula is C12H21BrO2. The van der Waals surface area contributed by atoms with Crippen molar-refractivity contribution in [3.05, 3.63) is 12.2 Å². The predicted molar refractivity (Wildman–Crippen MR) is 66.3 cm³/mol. The van der Waals surface area contributed by atoms with E-state index in [0.717, 1.165) is 37.8 Å². The van der Waals surface area contributed by atoms with Gasteiger partial charge in [0, 0.05) is 18.5 Å². The van der Waals surface area contributed by atoms with Crippen LogP contribution in [0.5, 0.6) is 0 Å². The van der Waals surface area contributed by atoms with E-state index in [-0.39, 0.29) is 6.29 Å². The van der Waals surface area contributed by atoms with Crippen molar-refractivity contribution in [2.24, 2.45) is 0 Å². The molecule has 3 heteroatoms. The van der Waals surface area contributed by atoms with Crippen molar-refractivity contribution >= 4 is 15.9 Å². The van der Waals surface area contributed by atoms with Crippen molar-refractivity contribution in [2.45, 2.75) is 44.8 Å². The number of ether oxygens (including phenoxy) is 2. The molecule has 1 atom stereocenters. The summed E-state index contributed by atoms with van der Waals surface area (Å²) in [6.07, 6.45) is 11.4. The Kier molecular flexibility index (Phi) is 8.25. The van der Waals surface area contributed by atoms with Crippen molar-refractivity contribution in [2.75, 3.05) is 18.5 Å². The quantitative estimate of drug-likeness (QED) is 0.402. The summed E-state index contributed by atoms with van der Waals surface area (Å²) >= 11 is 3.36. The van der Waals surface area contributed by atoms with Crippen LogP contribution in [0, 0.1) is 0 Å². The van der Waals surface area contributed by atoms with Gasteiger partial charge in [-0.3, -0.25) is 0 Å². The van der Waals surface area contributed by atoms with Gasteiger partial charge in [0.2, 0.25) is 0 Å². The monoisotopic (exact) mass is 276 g/mol. The zero-order valence-electron chi connectivity index (χ0n) is 9.29. The molecule has 1 unspecified atom stereocenters. The van der Waals surface area contributed by atoms with Crippen molar-refractivity contribution < 1.29 is 9.47 Å². The maximum absolute atomic E-state index is 5.63. The Morgan fingerprint density at radius 3 is 2.93 bits per heavy atom. The zero-order chi connectivity index (χ0) is 10.8. The lowest BCUT2D eigenvalue weighted by atomic mass is 10.2. The standard InChI is InChI=1S/C12H21BrO2/c13-9-5-2-1-3-6-10-14-12-8-4-7-11-15-12/h2,5,12H,1,3-4,6-11H2/b5-2+. The fourth-order valence-corrected chi connectivity index (χ4v) is 1.87. The first-order valence-corrected chi connectivity index (χ1v) is 7.00. The average molecular weight is 277 g/mol. The highest BCUT2D eigenvalue weighted by atomic mass is 79.9. The normalized spacial score (nSPS) is 22.3. The van der Waals surface area contributed by atoms with E-state index in [4.69, 9.17) is 9.47 Å². The molecule has 1 heterocycles. The van der Waals surface area contributed by atoms with Gasteiger partial charge in [-0.05, 0) is 38.5 Å². The van der Waals surface area contributed by atoms with Gasteiger partial charge in [-0.1, -0.05) is 28.1 Å². The molecule has 0 aromatic heterocycles. The summed E-state index contributed by atoms with van der Waals surface area (Å²) in [7, 11) is 0. The van der Waals surface area contributed by atoms with Crippen LogP contribution in [0.25, 0.3) is 0 Å². The molecule has 15 heavy (non-hydrogen) atoms. The fraction of sp³-hybridized carbons (Fsp3) is 0.833. The first kappa shape index (κ1) is 13.2. The second-order valence-electron chi connectivity index (χ2n) is 3.79. The van der Waals surface area contributed by atoms with Crippen LogP contribution in [0.4, 0.5) is 0 Å². The molecule has 1 rings (SSSR count). The first-order chi connectivity index (χ1) is 7.43. The van der Waals surface area contributed by atoms with E-state index in [1.54, 1.807) is 0 Å². The molecule has 88 valence electrons. The summed E-state index contributed by atoms with van der Waals surface area (Å²) in [5, 5.41) is 0.958. The molecule has 0 N–H and O–H groups in total. The highest BCUT2D eigenvalue weighted by molar-refractivity contribution is 9.09. The second-order valence-corrected chi connectivity index (χ2v) is 4.44. The minimum atomic E-state index is 0.0804. The predicted octanol–water partition coefficient (Wildman–Crippen LogP) is 3.65. The van der Waals surface area contributed by atoms with Gasteiger partial charge in [-0.2, -0.15) is 0 Å². The number of hydrogen-bond donors (Lipinski definition) is 0. The smallest absolute Gasteiger partial charge is 0.157 e. The molecule has 1 fully saturated rings. The summed E-state index contributed by atoms with van der Waals surface area (Å²) in [4.78, 5) is 0. The van der Waals surface area contributed by atoms with Gasteiger partial charge in [-0.15, -0.1) is 0 Å². The van der Waals surface area contributed by atoms with Crippen LogP contribution in [0.1, 0.15) is 38.5 Å². The number of halogens is 1. The van der Waals surface area contributed by atoms with E-state index in [1.165, 1.54) is 19.3 Å². The van der Waals surface area contributed by atoms with Gasteiger partial charge in [0.25, 0.3) is 0 Å². The lowest BCUT2D eigenvalue weighted by molar-refractivity contribution is -0.162. The minimum absolute atomic E-state index is 0.0804. The van der Waals surface area contributed by atoms with Crippen molar-refractivity contribution in [3.8, 4) is 0 Å². The summed E-state index contributed by atoms with van der Waals surface area (Å²) in [6, 6.07) is 0. The number of hydrogen-bond acceptors (Lipinski definition) is 2. The molecule has 0 bridgehead atoms. The maximum Gasteiger partial charge on any atom is 0.157 e. The maximum atomic E-state index is 5.63. The fourth-order valence-electron chi connectivity index (χ4n) is 1.60. The number of unbranched alkanes of at least 4 members (excludes halogenated alkanes) is 2. The SMILES string of the molecule is BrC/C=C/CCCCOC1CCCCO1. The van der Waals surface area contributed by atoms with E-state index in [1.807, 2.05) is 0 Å². The van der Waals surface area contributed by atoms with Gasteiger partial charge >= 0.3 is 0 Å². The van der Waals surface area contributed by atoms with Gasteiger partial charge < -0.3 is 9.47 Å². The Morgan fingerprint density at radius 1 is 1.27 bits per heavy atom. The third-order valence-corrected chi connectivity index (χ3v) is 2.84. The Balaban J connectivity index is 1.85. The molecule has 0 aromatic rings. The van der Waals surface area contributed by atoms with E-state index in [9.17, 15) is 0 Å². The molecule has 0 aliphatic carbocycles. The number of alkyl halides is 1. The Labute approximate surface area is 101 Å². The van der Waals surface area contributed by atoms with Crippen LogP contribution >= 0.6 is 15.9 Å². The van der Waals surface area contributed by atoms with Crippen LogP contribution in [0.15, 0.2) is 12.2 Å². The summed E-state index contributed by atoms with van der Waals surface area (Å²) in [5.41, 5.74) is 0. The van der Waals surface area contributed by atoms with E-state index < -0.39 is 0 Å². The van der Waals surface area contributed by atoms with Gasteiger partial charge in [0.15, 0.2) is 6.29 Å². The van der Waals surface area contributed by atoms with Crippen LogP contribution in [-0.4, -0.2) is 24.8 Å². The summed E-state index contributed by atoms with van der Waals surface area (Å²) in [6.45, 7) is 1.71. The first-order valence-electron chi connectivity index (χ1n) is 5.87. The Bertz CT molecular complexity index is 165. The molecular weight excluding hydrogens is 256 g/mol. The largest absolute Gasteiger partial charge is 0.353 e. The van der Waals surface area contributed by atoms with Crippen molar-refractivity contribution in [3.63, 3.8) is 0 Å². The molecule has 1 aliphatic rings. The molecule has 2 nitrogen and oxygen atoms in total. The van der Waals surface area contributed by atoms with Crippen molar-refractivity contribution in [1.82, 2.24) is 0 Å². The molecule has 0 radical (unpaired) electrons. The van der Waals surface area contributed by atoms with Gasteiger partial charge in [0.05, 0.1) is 0 Å². The molecule has 0 spiro atoms. The summed E-state index contributed by atoms with van der Waals surface area (Å²) < 4.78 is 11.1. The van der Waals surface area contributed by atoms with Crippen LogP contribution in [0.3, 0.4) is 0 Å². The lowest BCUT2D eigenvalue weighted by Gasteiger charge is -2.22. The molecule has 0 aromatic carbocycles. The Hall–Kier alpha value is 0.140. The highest BCUT2D eigenvalue weighted by Crippen LogP contribution is 2.14. The third kappa shape index (κ3) is 7.09. The van der Waals surface area contributed by atoms with Crippen LogP contribution in [0.2, 0.25) is 0 Å². The number of allylic oxidation sites excluding steroid dienone is 2. The van der Waals surface area contributed by atoms with Gasteiger partial charge in [-0.25, -0.2) is 0 Å². The van der Waals surface area contributed by atoms with E-state index >= 15 is 0 Å². The van der Waals surface area contributed by atoms with Crippen LogP contribution in [-0.2, 0) is 9.47 Å². The minimum Gasteiger partial charge on any atom is -0.353 e. The van der Waals surface area contributed by atoms with Crippen LogP contribution < -0.4 is 0 Å². The van der Waals surface area contributed by atoms with Gasteiger partial charge in [0.1, 0.15) is 0 Å². The van der Waals surface area contributed by atoms with Crippen molar-refractivity contribution in [1.29, 1.82) is 0 Å². The van der Waals surface area contributed by atoms with E-state index in [0.29, 0.717) is 0 Å². The number of rotatable bonds is 7. The summed E-state index contributed by atoms with van der Waals surface area (Å²) in [5.74, 6) is 0. The molecule has 0 saturated carbocycles. The molecule has 1 saturated heterocycles. The Morgan fingerprint density at radius 2 is 2.20 bits per heavy atom. The zero-order valence-corrected chi connectivity index (χ0v) is 10.9. The second kappa shape index (κ2) is 9.37.